The van der Waals surface area contributed by atoms with Crippen LogP contribution in [0.4, 0.5) is 0 Å². The van der Waals surface area contributed by atoms with E-state index in [0.29, 0.717) is 0 Å². The summed E-state index contributed by atoms with van der Waals surface area (Å²) in [6.45, 7) is 2.28. The van der Waals surface area contributed by atoms with Crippen molar-refractivity contribution in [3.63, 3.8) is 0 Å². The van der Waals surface area contributed by atoms with Gasteiger partial charge in [-0.15, -0.1) is 0 Å². The van der Waals surface area contributed by atoms with Crippen molar-refractivity contribution in [1.29, 1.82) is 0 Å². The number of aromatic nitrogens is 4. The number of halogens is 2. The van der Waals surface area contributed by atoms with Crippen LogP contribution in [0.5, 0.6) is 0 Å². The van der Waals surface area contributed by atoms with E-state index in [1.807, 2.05) is 0 Å². The molecule has 0 spiro atoms. The summed E-state index contributed by atoms with van der Waals surface area (Å²) in [6, 6.07) is 0. The average Bonchev–Trinajstić information content (AvgIpc) is 2.93. The van der Waals surface area contributed by atoms with Gasteiger partial charge in [0.2, 0.25) is 12.7 Å². The molecule has 0 fully saturated rings. The van der Waals surface area contributed by atoms with Crippen LogP contribution >= 0.6 is 0 Å². The fourth-order valence-electron chi connectivity index (χ4n) is 2.21. The second-order valence-electron chi connectivity index (χ2n) is 5.05. The molecular formula is C14H24Br2N4. The first-order valence-corrected chi connectivity index (χ1v) is 6.76. The van der Waals surface area contributed by atoms with Crippen LogP contribution in [0.2, 0.25) is 0 Å². The van der Waals surface area contributed by atoms with Gasteiger partial charge in [0.15, 0.2) is 0 Å². The van der Waals surface area contributed by atoms with E-state index in [1.54, 1.807) is 0 Å². The van der Waals surface area contributed by atoms with E-state index in [1.165, 1.54) is 25.7 Å². The predicted octanol–water partition coefficient (Wildman–Crippen LogP) is -4.79. The molecular weight excluding hydrogens is 384 g/mol. The number of hydrogen-bond donors (Lipinski definition) is 0. The Morgan fingerprint density at radius 3 is 1.40 bits per heavy atom. The number of imidazole rings is 2. The lowest BCUT2D eigenvalue weighted by Crippen LogP contribution is -3.00. The molecule has 0 saturated carbocycles. The minimum atomic E-state index is 0. The Labute approximate surface area is 142 Å². The molecule has 20 heavy (non-hydrogen) atoms. The standard InChI is InChI=1S/C14H24N4.2BrH/c1-15-9-11-17(13-15)7-5-3-4-6-8-18-12-10-16(2)14-18;;/h9-14H,3-8H2,1-2H3;2*1H/q+2;;/p-2. The van der Waals surface area contributed by atoms with Gasteiger partial charge in [0.25, 0.3) is 0 Å². The third-order valence-electron chi connectivity index (χ3n) is 3.23. The summed E-state index contributed by atoms with van der Waals surface area (Å²) in [4.78, 5) is 0. The molecule has 0 unspecified atom stereocenters. The van der Waals surface area contributed by atoms with E-state index in [-0.39, 0.29) is 34.0 Å². The van der Waals surface area contributed by atoms with Gasteiger partial charge in [0.1, 0.15) is 24.8 Å². The molecule has 0 radical (unpaired) electrons. The summed E-state index contributed by atoms with van der Waals surface area (Å²) in [6.07, 6.45) is 17.9. The van der Waals surface area contributed by atoms with Crippen LogP contribution in [0, 0.1) is 0 Å². The first-order chi connectivity index (χ1) is 8.74. The molecule has 0 saturated heterocycles. The van der Waals surface area contributed by atoms with Gasteiger partial charge in [-0.1, -0.05) is 0 Å². The third-order valence-corrected chi connectivity index (χ3v) is 3.23. The Kier molecular flexibility index (Phi) is 9.84. The lowest BCUT2D eigenvalue weighted by molar-refractivity contribution is -0.671. The molecule has 0 aromatic carbocycles. The van der Waals surface area contributed by atoms with Crippen LogP contribution in [0.25, 0.3) is 0 Å². The quantitative estimate of drug-likeness (QED) is 0.324. The van der Waals surface area contributed by atoms with Crippen molar-refractivity contribution in [2.24, 2.45) is 14.1 Å². The Balaban J connectivity index is 0.00000180. The van der Waals surface area contributed by atoms with Crippen molar-refractivity contribution in [3.05, 3.63) is 37.4 Å². The smallest absolute Gasteiger partial charge is 0.243 e. The average molecular weight is 408 g/mol. The number of hydrogen-bond acceptors (Lipinski definition) is 0. The third kappa shape index (κ3) is 6.70. The molecule has 114 valence electrons. The van der Waals surface area contributed by atoms with E-state index in [9.17, 15) is 0 Å². The fourth-order valence-corrected chi connectivity index (χ4v) is 2.21. The van der Waals surface area contributed by atoms with Crippen molar-refractivity contribution < 1.29 is 43.1 Å². The molecule has 0 amide bonds. The van der Waals surface area contributed by atoms with E-state index in [0.717, 1.165) is 13.1 Å². The van der Waals surface area contributed by atoms with Gasteiger partial charge in [-0.05, 0) is 25.7 Å². The number of rotatable bonds is 7. The van der Waals surface area contributed by atoms with Gasteiger partial charge in [-0.25, -0.2) is 18.3 Å². The zero-order chi connectivity index (χ0) is 12.8. The summed E-state index contributed by atoms with van der Waals surface area (Å²) in [7, 11) is 4.13. The van der Waals surface area contributed by atoms with E-state index in [2.05, 4.69) is 69.8 Å². The highest BCUT2D eigenvalue weighted by Crippen LogP contribution is 2.03. The van der Waals surface area contributed by atoms with E-state index >= 15 is 0 Å². The van der Waals surface area contributed by atoms with Crippen LogP contribution < -0.4 is 43.1 Å². The van der Waals surface area contributed by atoms with Crippen molar-refractivity contribution >= 4 is 0 Å². The minimum Gasteiger partial charge on any atom is -1.00 e. The van der Waals surface area contributed by atoms with Gasteiger partial charge in [0.05, 0.1) is 27.2 Å². The van der Waals surface area contributed by atoms with Crippen LogP contribution in [0.3, 0.4) is 0 Å². The van der Waals surface area contributed by atoms with Gasteiger partial charge in [-0.3, -0.25) is 0 Å². The van der Waals surface area contributed by atoms with Gasteiger partial charge >= 0.3 is 0 Å². The number of unbranched alkanes of at least 4 members (excludes halogenated alkanes) is 3. The van der Waals surface area contributed by atoms with Crippen LogP contribution in [-0.2, 0) is 27.2 Å². The Bertz CT molecular complexity index is 435. The molecule has 0 aliphatic heterocycles. The van der Waals surface area contributed by atoms with Gasteiger partial charge < -0.3 is 34.0 Å². The zero-order valence-electron chi connectivity index (χ0n) is 12.3. The Morgan fingerprint density at radius 2 is 1.10 bits per heavy atom. The molecule has 2 heterocycles. The molecule has 4 nitrogen and oxygen atoms in total. The highest BCUT2D eigenvalue weighted by Gasteiger charge is 2.01. The lowest BCUT2D eigenvalue weighted by Gasteiger charge is -1.98. The fraction of sp³-hybridized carbons (Fsp3) is 0.571. The van der Waals surface area contributed by atoms with Crippen LogP contribution in [0.15, 0.2) is 37.4 Å². The van der Waals surface area contributed by atoms with Crippen molar-refractivity contribution in [1.82, 2.24) is 9.13 Å². The van der Waals surface area contributed by atoms with Gasteiger partial charge in [0, 0.05) is 0 Å². The van der Waals surface area contributed by atoms with Crippen LogP contribution in [0.1, 0.15) is 25.7 Å². The number of aryl methyl sites for hydroxylation is 4. The monoisotopic (exact) mass is 406 g/mol. The molecule has 2 rings (SSSR count). The Hall–Kier alpha value is -0.620. The first kappa shape index (κ1) is 19.4. The minimum absolute atomic E-state index is 0. The van der Waals surface area contributed by atoms with Gasteiger partial charge in [-0.2, -0.15) is 0 Å². The first-order valence-electron chi connectivity index (χ1n) is 6.76. The van der Waals surface area contributed by atoms with Crippen LogP contribution in [-0.4, -0.2) is 9.13 Å². The number of nitrogens with zero attached hydrogens (tertiary/aromatic N) is 4. The molecule has 2 aromatic heterocycles. The molecule has 0 aliphatic carbocycles. The normalized spacial score (nSPS) is 9.90. The SMILES string of the molecule is C[n+]1ccn(CCCCCCn2cc[n+](C)c2)c1.[Br-].[Br-]. The predicted molar refractivity (Wildman–Crippen MR) is 69.7 cm³/mol. The largest absolute Gasteiger partial charge is 1.00 e. The highest BCUT2D eigenvalue weighted by atomic mass is 79.9. The zero-order valence-corrected chi connectivity index (χ0v) is 15.4. The summed E-state index contributed by atoms with van der Waals surface area (Å²) in [5, 5.41) is 0. The second kappa shape index (κ2) is 10.2. The molecule has 0 bridgehead atoms. The molecule has 0 atom stereocenters. The summed E-state index contributed by atoms with van der Waals surface area (Å²) in [5.74, 6) is 0. The van der Waals surface area contributed by atoms with E-state index in [4.69, 9.17) is 0 Å². The second-order valence-corrected chi connectivity index (χ2v) is 5.05. The maximum Gasteiger partial charge on any atom is 0.243 e. The lowest BCUT2D eigenvalue weighted by atomic mass is 10.2. The molecule has 0 aliphatic rings. The molecule has 0 N–H and O–H groups in total. The summed E-state index contributed by atoms with van der Waals surface area (Å²) >= 11 is 0. The summed E-state index contributed by atoms with van der Waals surface area (Å²) in [5.41, 5.74) is 0. The van der Waals surface area contributed by atoms with Crippen molar-refractivity contribution in [2.75, 3.05) is 0 Å². The van der Waals surface area contributed by atoms with Crippen molar-refractivity contribution in [3.8, 4) is 0 Å². The molecule has 6 heteroatoms. The molecule has 2 aromatic rings. The summed E-state index contributed by atoms with van der Waals surface area (Å²) < 4.78 is 8.69. The highest BCUT2D eigenvalue weighted by molar-refractivity contribution is 4.67. The van der Waals surface area contributed by atoms with Crippen molar-refractivity contribution in [2.45, 2.75) is 38.8 Å². The topological polar surface area (TPSA) is 17.6 Å². The maximum atomic E-state index is 2.26. The Morgan fingerprint density at radius 1 is 0.700 bits per heavy atom. The maximum absolute atomic E-state index is 2.26. The van der Waals surface area contributed by atoms with E-state index < -0.39 is 0 Å².